The molecule has 0 saturated heterocycles. The van der Waals surface area contributed by atoms with Crippen molar-refractivity contribution in [3.63, 3.8) is 0 Å². The molecule has 1 aliphatic carbocycles. The standard InChI is InChI=1S/C12H16Br2N2O3S/c13-10-5-7(15)6-11(14)12(10)20(18,19)16-8-1-3-9(17)4-2-8/h5-6,8-9,16-17H,1-4,15H2. The van der Waals surface area contributed by atoms with Gasteiger partial charge in [0.25, 0.3) is 0 Å². The maximum Gasteiger partial charge on any atom is 0.243 e. The van der Waals surface area contributed by atoms with E-state index < -0.39 is 10.0 Å². The number of anilines is 1. The number of sulfonamides is 1. The second-order valence-electron chi connectivity index (χ2n) is 4.94. The average molecular weight is 428 g/mol. The Morgan fingerprint density at radius 1 is 1.15 bits per heavy atom. The molecule has 112 valence electrons. The first-order valence-electron chi connectivity index (χ1n) is 6.24. The summed E-state index contributed by atoms with van der Waals surface area (Å²) in [4.78, 5) is 0.151. The smallest absolute Gasteiger partial charge is 0.243 e. The molecular weight excluding hydrogens is 412 g/mol. The van der Waals surface area contributed by atoms with Crippen molar-refractivity contribution in [1.29, 1.82) is 0 Å². The summed E-state index contributed by atoms with van der Waals surface area (Å²) in [6, 6.07) is 2.98. The number of nitrogen functional groups attached to an aromatic ring is 1. The zero-order chi connectivity index (χ0) is 14.9. The molecule has 1 aliphatic rings. The number of halogens is 2. The Morgan fingerprint density at radius 3 is 2.15 bits per heavy atom. The zero-order valence-electron chi connectivity index (χ0n) is 10.6. The number of nitrogens with one attached hydrogen (secondary N) is 1. The maximum atomic E-state index is 12.5. The first-order valence-corrected chi connectivity index (χ1v) is 9.31. The van der Waals surface area contributed by atoms with E-state index in [1.54, 1.807) is 12.1 Å². The molecule has 0 spiro atoms. The summed E-state index contributed by atoms with van der Waals surface area (Å²) in [5.74, 6) is 0. The van der Waals surface area contributed by atoms with Gasteiger partial charge in [0, 0.05) is 20.7 Å². The van der Waals surface area contributed by atoms with Gasteiger partial charge in [-0.2, -0.15) is 0 Å². The van der Waals surface area contributed by atoms with Crippen molar-refractivity contribution in [2.75, 3.05) is 5.73 Å². The number of rotatable bonds is 3. The molecule has 8 heteroatoms. The molecule has 2 rings (SSSR count). The fourth-order valence-electron chi connectivity index (χ4n) is 2.31. The molecule has 0 aromatic heterocycles. The molecule has 1 fully saturated rings. The van der Waals surface area contributed by atoms with Crippen LogP contribution in [0.1, 0.15) is 25.7 Å². The van der Waals surface area contributed by atoms with E-state index in [1.165, 1.54) is 0 Å². The van der Waals surface area contributed by atoms with Crippen molar-refractivity contribution < 1.29 is 13.5 Å². The van der Waals surface area contributed by atoms with Gasteiger partial charge in [-0.05, 0) is 69.7 Å². The number of benzene rings is 1. The average Bonchev–Trinajstić information content (AvgIpc) is 2.30. The first-order chi connectivity index (χ1) is 9.29. The van der Waals surface area contributed by atoms with Gasteiger partial charge in [-0.15, -0.1) is 0 Å². The Labute approximate surface area is 135 Å². The predicted octanol–water partition coefficient (Wildman–Crippen LogP) is 2.38. The number of aliphatic hydroxyl groups excluding tert-OH is 1. The van der Waals surface area contributed by atoms with Crippen molar-refractivity contribution in [3.05, 3.63) is 21.1 Å². The van der Waals surface area contributed by atoms with Crippen LogP contribution in [0.25, 0.3) is 0 Å². The third-order valence-electron chi connectivity index (χ3n) is 3.31. The van der Waals surface area contributed by atoms with Gasteiger partial charge in [-0.25, -0.2) is 13.1 Å². The van der Waals surface area contributed by atoms with Crippen molar-refractivity contribution >= 4 is 47.6 Å². The highest BCUT2D eigenvalue weighted by Gasteiger charge is 2.27. The monoisotopic (exact) mass is 426 g/mol. The van der Waals surface area contributed by atoms with Crippen LogP contribution >= 0.6 is 31.9 Å². The summed E-state index contributed by atoms with van der Waals surface area (Å²) in [5.41, 5.74) is 6.14. The highest BCUT2D eigenvalue weighted by molar-refractivity contribution is 9.11. The fourth-order valence-corrected chi connectivity index (χ4v) is 6.23. The number of nitrogens with two attached hydrogens (primary N) is 1. The lowest BCUT2D eigenvalue weighted by Gasteiger charge is -2.26. The van der Waals surface area contributed by atoms with Gasteiger partial charge in [0.1, 0.15) is 4.90 Å². The van der Waals surface area contributed by atoms with Crippen LogP contribution < -0.4 is 10.5 Å². The highest BCUT2D eigenvalue weighted by Crippen LogP contribution is 2.33. The van der Waals surface area contributed by atoms with Gasteiger partial charge in [0.15, 0.2) is 0 Å². The predicted molar refractivity (Wildman–Crippen MR) is 84.8 cm³/mol. The minimum atomic E-state index is -3.64. The van der Waals surface area contributed by atoms with Gasteiger partial charge in [-0.1, -0.05) is 0 Å². The second kappa shape index (κ2) is 6.31. The Hall–Kier alpha value is -0.150. The molecule has 5 nitrogen and oxygen atoms in total. The number of hydrogen-bond donors (Lipinski definition) is 3. The van der Waals surface area contributed by atoms with Crippen LogP contribution in [-0.2, 0) is 10.0 Å². The molecule has 0 unspecified atom stereocenters. The zero-order valence-corrected chi connectivity index (χ0v) is 14.6. The van der Waals surface area contributed by atoms with E-state index in [1.807, 2.05) is 0 Å². The van der Waals surface area contributed by atoms with Gasteiger partial charge >= 0.3 is 0 Å². The molecule has 0 heterocycles. The largest absolute Gasteiger partial charge is 0.399 e. The lowest BCUT2D eigenvalue weighted by molar-refractivity contribution is 0.120. The summed E-state index contributed by atoms with van der Waals surface area (Å²) in [5, 5.41) is 9.45. The molecule has 0 atom stereocenters. The van der Waals surface area contributed by atoms with E-state index in [0.717, 1.165) is 0 Å². The van der Waals surface area contributed by atoms with E-state index in [4.69, 9.17) is 5.73 Å². The van der Waals surface area contributed by atoms with E-state index in [0.29, 0.717) is 40.3 Å². The molecular formula is C12H16Br2N2O3S. The molecule has 4 N–H and O–H groups in total. The second-order valence-corrected chi connectivity index (χ2v) is 8.30. The van der Waals surface area contributed by atoms with Crippen LogP contribution in [0.4, 0.5) is 5.69 Å². The summed E-state index contributed by atoms with van der Waals surface area (Å²) < 4.78 is 28.5. The first kappa shape index (κ1) is 16.2. The minimum Gasteiger partial charge on any atom is -0.399 e. The van der Waals surface area contributed by atoms with E-state index in [2.05, 4.69) is 36.6 Å². The Kier molecular flexibility index (Phi) is 5.12. The van der Waals surface area contributed by atoms with Crippen molar-refractivity contribution in [3.8, 4) is 0 Å². The minimum absolute atomic E-state index is 0.139. The Bertz CT molecular complexity index is 576. The van der Waals surface area contributed by atoms with Gasteiger partial charge in [0.05, 0.1) is 6.10 Å². The van der Waals surface area contributed by atoms with E-state index in [-0.39, 0.29) is 17.0 Å². The summed E-state index contributed by atoms with van der Waals surface area (Å²) in [7, 11) is -3.64. The summed E-state index contributed by atoms with van der Waals surface area (Å²) >= 11 is 6.48. The maximum absolute atomic E-state index is 12.5. The molecule has 1 aromatic carbocycles. The van der Waals surface area contributed by atoms with Gasteiger partial charge in [0.2, 0.25) is 10.0 Å². The van der Waals surface area contributed by atoms with E-state index in [9.17, 15) is 13.5 Å². The fraction of sp³-hybridized carbons (Fsp3) is 0.500. The SMILES string of the molecule is Nc1cc(Br)c(S(=O)(=O)NC2CCC(O)CC2)c(Br)c1. The van der Waals surface area contributed by atoms with Crippen LogP contribution in [0.3, 0.4) is 0 Å². The van der Waals surface area contributed by atoms with E-state index >= 15 is 0 Å². The van der Waals surface area contributed by atoms with Crippen LogP contribution in [0.15, 0.2) is 26.0 Å². The quantitative estimate of drug-likeness (QED) is 0.645. The molecule has 20 heavy (non-hydrogen) atoms. The summed E-state index contributed by atoms with van der Waals surface area (Å²) in [6.45, 7) is 0. The molecule has 1 aromatic rings. The van der Waals surface area contributed by atoms with Crippen molar-refractivity contribution in [2.45, 2.75) is 42.7 Å². The van der Waals surface area contributed by atoms with Gasteiger partial charge < -0.3 is 10.8 Å². The third kappa shape index (κ3) is 3.73. The number of aliphatic hydroxyl groups is 1. The topological polar surface area (TPSA) is 92.4 Å². The van der Waals surface area contributed by atoms with Crippen LogP contribution in [-0.4, -0.2) is 25.7 Å². The normalized spacial score (nSPS) is 23.8. The lowest BCUT2D eigenvalue weighted by atomic mass is 9.94. The molecule has 1 saturated carbocycles. The van der Waals surface area contributed by atoms with Crippen LogP contribution in [0, 0.1) is 0 Å². The van der Waals surface area contributed by atoms with Crippen LogP contribution in [0.2, 0.25) is 0 Å². The lowest BCUT2D eigenvalue weighted by Crippen LogP contribution is -2.38. The summed E-state index contributed by atoms with van der Waals surface area (Å²) in [6.07, 6.45) is 2.22. The Balaban J connectivity index is 2.23. The molecule has 0 bridgehead atoms. The van der Waals surface area contributed by atoms with Gasteiger partial charge in [-0.3, -0.25) is 0 Å². The Morgan fingerprint density at radius 2 is 1.65 bits per heavy atom. The molecule has 0 aliphatic heterocycles. The highest BCUT2D eigenvalue weighted by atomic mass is 79.9. The number of hydrogen-bond acceptors (Lipinski definition) is 4. The van der Waals surface area contributed by atoms with Crippen molar-refractivity contribution in [2.24, 2.45) is 0 Å². The molecule has 0 radical (unpaired) electrons. The third-order valence-corrected chi connectivity index (χ3v) is 6.70. The van der Waals surface area contributed by atoms with Crippen LogP contribution in [0.5, 0.6) is 0 Å². The van der Waals surface area contributed by atoms with Crippen molar-refractivity contribution in [1.82, 2.24) is 4.72 Å². The molecule has 0 amide bonds.